The fraction of sp³-hybridized carbons (Fsp3) is 0.538. The van der Waals surface area contributed by atoms with Crippen molar-refractivity contribution < 1.29 is 4.74 Å². The van der Waals surface area contributed by atoms with Gasteiger partial charge in [0.15, 0.2) is 0 Å². The van der Waals surface area contributed by atoms with E-state index in [9.17, 15) is 0 Å². The molecule has 1 aromatic carbocycles. The zero-order valence-electron chi connectivity index (χ0n) is 10.8. The van der Waals surface area contributed by atoms with E-state index in [1.54, 1.807) is 7.11 Å². The minimum atomic E-state index is 0.407. The van der Waals surface area contributed by atoms with Gasteiger partial charge in [-0.3, -0.25) is 0 Å². The molecule has 1 aromatic rings. The van der Waals surface area contributed by atoms with Crippen molar-refractivity contribution in [2.24, 2.45) is 0 Å². The third-order valence-electron chi connectivity index (χ3n) is 2.59. The van der Waals surface area contributed by atoms with Gasteiger partial charge in [0.05, 0.1) is 6.61 Å². The summed E-state index contributed by atoms with van der Waals surface area (Å²) < 4.78 is 6.02. The van der Waals surface area contributed by atoms with Crippen molar-refractivity contribution in [1.82, 2.24) is 10.6 Å². The van der Waals surface area contributed by atoms with Crippen LogP contribution in [0.15, 0.2) is 22.7 Å². The van der Waals surface area contributed by atoms with E-state index in [2.05, 4.69) is 33.5 Å². The maximum atomic E-state index is 5.91. The standard InChI is InChI=1S/C13H20BrClN2O/c1-10(8-16-5-6-18-2)17-9-11-3-4-12(15)7-13(11)14/h3-4,7,10,16-17H,5-6,8-9H2,1-2H3. The Balaban J connectivity index is 2.27. The number of hydrogen-bond donors (Lipinski definition) is 2. The first-order chi connectivity index (χ1) is 8.63. The first-order valence-corrected chi connectivity index (χ1v) is 7.17. The molecule has 0 radical (unpaired) electrons. The molecule has 18 heavy (non-hydrogen) atoms. The predicted octanol–water partition coefficient (Wildman–Crippen LogP) is 2.82. The average Bonchev–Trinajstić information content (AvgIpc) is 2.33. The van der Waals surface area contributed by atoms with Gasteiger partial charge < -0.3 is 15.4 Å². The first kappa shape index (κ1) is 15.9. The van der Waals surface area contributed by atoms with Crippen LogP contribution in [-0.2, 0) is 11.3 Å². The molecule has 1 atom stereocenters. The molecule has 0 aliphatic rings. The molecule has 1 unspecified atom stereocenters. The average molecular weight is 336 g/mol. The van der Waals surface area contributed by atoms with Crippen molar-refractivity contribution in [2.75, 3.05) is 26.8 Å². The Morgan fingerprint density at radius 3 is 2.89 bits per heavy atom. The van der Waals surface area contributed by atoms with Crippen molar-refractivity contribution in [3.63, 3.8) is 0 Å². The molecule has 0 saturated heterocycles. The molecule has 0 amide bonds. The lowest BCUT2D eigenvalue weighted by Crippen LogP contribution is -2.37. The Morgan fingerprint density at radius 2 is 2.22 bits per heavy atom. The Morgan fingerprint density at radius 1 is 1.44 bits per heavy atom. The van der Waals surface area contributed by atoms with Gasteiger partial charge in [0, 0.05) is 42.3 Å². The highest BCUT2D eigenvalue weighted by Gasteiger charge is 2.04. The summed E-state index contributed by atoms with van der Waals surface area (Å²) in [5.41, 5.74) is 1.21. The summed E-state index contributed by atoms with van der Waals surface area (Å²) in [4.78, 5) is 0. The van der Waals surface area contributed by atoms with E-state index >= 15 is 0 Å². The van der Waals surface area contributed by atoms with Crippen LogP contribution in [0, 0.1) is 0 Å². The molecule has 0 fully saturated rings. The Kier molecular flexibility index (Phi) is 7.86. The van der Waals surface area contributed by atoms with E-state index in [1.165, 1.54) is 5.56 Å². The molecule has 3 nitrogen and oxygen atoms in total. The second kappa shape index (κ2) is 8.88. The summed E-state index contributed by atoms with van der Waals surface area (Å²) in [5, 5.41) is 7.54. The quantitative estimate of drug-likeness (QED) is 0.717. The van der Waals surface area contributed by atoms with Gasteiger partial charge in [-0.25, -0.2) is 0 Å². The van der Waals surface area contributed by atoms with Crippen LogP contribution < -0.4 is 10.6 Å². The normalized spacial score (nSPS) is 12.7. The Labute approximate surface area is 122 Å². The predicted molar refractivity (Wildman–Crippen MR) is 80.2 cm³/mol. The maximum Gasteiger partial charge on any atom is 0.0587 e. The molecule has 0 aliphatic carbocycles. The van der Waals surface area contributed by atoms with Crippen molar-refractivity contribution in [3.05, 3.63) is 33.3 Å². The van der Waals surface area contributed by atoms with E-state index in [0.29, 0.717) is 6.04 Å². The Bertz CT molecular complexity index is 363. The zero-order valence-corrected chi connectivity index (χ0v) is 13.1. The molecule has 0 aromatic heterocycles. The molecule has 0 heterocycles. The van der Waals surface area contributed by atoms with Crippen LogP contribution in [0.4, 0.5) is 0 Å². The molecular formula is C13H20BrClN2O. The van der Waals surface area contributed by atoms with Crippen LogP contribution in [-0.4, -0.2) is 32.8 Å². The molecule has 2 N–H and O–H groups in total. The summed E-state index contributed by atoms with van der Waals surface area (Å²) >= 11 is 9.42. The summed E-state index contributed by atoms with van der Waals surface area (Å²) in [6.07, 6.45) is 0. The lowest BCUT2D eigenvalue weighted by Gasteiger charge is -2.15. The highest BCUT2D eigenvalue weighted by Crippen LogP contribution is 2.21. The molecule has 1 rings (SSSR count). The fourth-order valence-electron chi connectivity index (χ4n) is 1.51. The van der Waals surface area contributed by atoms with Crippen molar-refractivity contribution in [1.29, 1.82) is 0 Å². The van der Waals surface area contributed by atoms with Gasteiger partial charge in [0.25, 0.3) is 0 Å². The van der Waals surface area contributed by atoms with Gasteiger partial charge >= 0.3 is 0 Å². The van der Waals surface area contributed by atoms with Crippen LogP contribution in [0.1, 0.15) is 12.5 Å². The fourth-order valence-corrected chi connectivity index (χ4v) is 2.34. The number of rotatable bonds is 8. The van der Waals surface area contributed by atoms with Gasteiger partial charge in [-0.05, 0) is 24.6 Å². The van der Waals surface area contributed by atoms with Gasteiger partial charge in [-0.2, -0.15) is 0 Å². The monoisotopic (exact) mass is 334 g/mol. The van der Waals surface area contributed by atoms with Gasteiger partial charge in [-0.1, -0.05) is 33.6 Å². The summed E-state index contributed by atoms with van der Waals surface area (Å²) in [6, 6.07) is 6.26. The van der Waals surface area contributed by atoms with Crippen molar-refractivity contribution >= 4 is 27.5 Å². The Hall–Kier alpha value is -0.130. The molecule has 5 heteroatoms. The minimum absolute atomic E-state index is 0.407. The van der Waals surface area contributed by atoms with E-state index in [1.807, 2.05) is 18.2 Å². The number of halogens is 2. The van der Waals surface area contributed by atoms with Crippen LogP contribution in [0.2, 0.25) is 5.02 Å². The van der Waals surface area contributed by atoms with E-state index in [-0.39, 0.29) is 0 Å². The van der Waals surface area contributed by atoms with Crippen LogP contribution in [0.3, 0.4) is 0 Å². The third kappa shape index (κ3) is 6.16. The molecule has 0 saturated carbocycles. The highest BCUT2D eigenvalue weighted by atomic mass is 79.9. The maximum absolute atomic E-state index is 5.91. The second-order valence-corrected chi connectivity index (χ2v) is 5.51. The minimum Gasteiger partial charge on any atom is -0.383 e. The first-order valence-electron chi connectivity index (χ1n) is 6.00. The van der Waals surface area contributed by atoms with E-state index < -0.39 is 0 Å². The van der Waals surface area contributed by atoms with Crippen LogP contribution in [0.25, 0.3) is 0 Å². The second-order valence-electron chi connectivity index (χ2n) is 4.21. The number of ether oxygens (including phenoxy) is 1. The molecule has 0 spiro atoms. The summed E-state index contributed by atoms with van der Waals surface area (Å²) in [5.74, 6) is 0. The van der Waals surface area contributed by atoms with Crippen molar-refractivity contribution in [3.8, 4) is 0 Å². The molecule has 102 valence electrons. The van der Waals surface area contributed by atoms with E-state index in [0.717, 1.165) is 35.7 Å². The number of benzene rings is 1. The molecular weight excluding hydrogens is 316 g/mol. The highest BCUT2D eigenvalue weighted by molar-refractivity contribution is 9.10. The lowest BCUT2D eigenvalue weighted by molar-refractivity contribution is 0.198. The number of methoxy groups -OCH3 is 1. The number of nitrogens with one attached hydrogen (secondary N) is 2. The zero-order chi connectivity index (χ0) is 13.4. The topological polar surface area (TPSA) is 33.3 Å². The lowest BCUT2D eigenvalue weighted by atomic mass is 10.2. The summed E-state index contributed by atoms with van der Waals surface area (Å²) in [6.45, 7) is 5.53. The van der Waals surface area contributed by atoms with Gasteiger partial charge in [0.1, 0.15) is 0 Å². The number of hydrogen-bond acceptors (Lipinski definition) is 3. The molecule has 0 aliphatic heterocycles. The smallest absolute Gasteiger partial charge is 0.0587 e. The largest absolute Gasteiger partial charge is 0.383 e. The summed E-state index contributed by atoms with van der Waals surface area (Å²) in [7, 11) is 1.71. The molecule has 0 bridgehead atoms. The third-order valence-corrected chi connectivity index (χ3v) is 3.56. The van der Waals surface area contributed by atoms with Crippen LogP contribution >= 0.6 is 27.5 Å². The van der Waals surface area contributed by atoms with Crippen LogP contribution in [0.5, 0.6) is 0 Å². The van der Waals surface area contributed by atoms with Gasteiger partial charge in [-0.15, -0.1) is 0 Å². The SMILES string of the molecule is COCCNCC(C)NCc1ccc(Cl)cc1Br. The van der Waals surface area contributed by atoms with Crippen molar-refractivity contribution in [2.45, 2.75) is 19.5 Å². The van der Waals surface area contributed by atoms with E-state index in [4.69, 9.17) is 16.3 Å². The van der Waals surface area contributed by atoms with Gasteiger partial charge in [0.2, 0.25) is 0 Å².